The van der Waals surface area contributed by atoms with Crippen LogP contribution in [0.4, 0.5) is 0 Å². The van der Waals surface area contributed by atoms with Gasteiger partial charge in [0.05, 0.1) is 6.10 Å². The topological polar surface area (TPSA) is 38.8 Å². The van der Waals surface area contributed by atoms with Crippen molar-refractivity contribution in [2.45, 2.75) is 65.1 Å². The minimum atomic E-state index is -0.233. The SMILES string of the molecule is C=C[C@]1(C)O[C@H]1CC/C(C)=C/CC/C(C)=C/COC(C)=O. The zero-order valence-corrected chi connectivity index (χ0v) is 13.8. The molecule has 1 aliphatic heterocycles. The fourth-order valence-electron chi connectivity index (χ4n) is 2.21. The van der Waals surface area contributed by atoms with Crippen LogP contribution in [0.1, 0.15) is 53.4 Å². The number of ether oxygens (including phenoxy) is 2. The number of esters is 1. The molecule has 0 amide bonds. The Labute approximate surface area is 128 Å². The van der Waals surface area contributed by atoms with Gasteiger partial charge < -0.3 is 9.47 Å². The highest BCUT2D eigenvalue weighted by Crippen LogP contribution is 2.40. The zero-order chi connectivity index (χ0) is 15.9. The summed E-state index contributed by atoms with van der Waals surface area (Å²) >= 11 is 0. The van der Waals surface area contributed by atoms with E-state index < -0.39 is 0 Å². The molecule has 1 saturated heterocycles. The lowest BCUT2D eigenvalue weighted by atomic mass is 10.0. The summed E-state index contributed by atoms with van der Waals surface area (Å²) in [6.45, 7) is 11.9. The van der Waals surface area contributed by atoms with E-state index in [1.54, 1.807) is 0 Å². The Morgan fingerprint density at radius 1 is 1.24 bits per heavy atom. The minimum Gasteiger partial charge on any atom is -0.462 e. The molecule has 21 heavy (non-hydrogen) atoms. The summed E-state index contributed by atoms with van der Waals surface area (Å²) in [5.41, 5.74) is 2.57. The molecule has 1 rings (SSSR count). The smallest absolute Gasteiger partial charge is 0.302 e. The van der Waals surface area contributed by atoms with Crippen molar-refractivity contribution in [1.82, 2.24) is 0 Å². The molecule has 1 heterocycles. The Morgan fingerprint density at radius 3 is 2.48 bits per heavy atom. The second-order valence-electron chi connectivity index (χ2n) is 5.98. The molecular formula is C18H28O3. The average molecular weight is 292 g/mol. The number of carbonyl (C=O) groups excluding carboxylic acids is 1. The van der Waals surface area contributed by atoms with Gasteiger partial charge in [-0.1, -0.05) is 23.3 Å². The Kier molecular flexibility index (Phi) is 6.90. The van der Waals surface area contributed by atoms with Crippen LogP contribution in [-0.4, -0.2) is 24.3 Å². The van der Waals surface area contributed by atoms with Crippen molar-refractivity contribution in [2.75, 3.05) is 6.61 Å². The van der Waals surface area contributed by atoms with E-state index in [0.29, 0.717) is 12.7 Å². The van der Waals surface area contributed by atoms with Gasteiger partial charge in [0.25, 0.3) is 0 Å². The molecule has 0 radical (unpaired) electrons. The van der Waals surface area contributed by atoms with Gasteiger partial charge in [-0.2, -0.15) is 0 Å². The lowest BCUT2D eigenvalue weighted by Gasteiger charge is -2.03. The van der Waals surface area contributed by atoms with Gasteiger partial charge in [0.15, 0.2) is 0 Å². The number of hydrogen-bond acceptors (Lipinski definition) is 3. The summed E-state index contributed by atoms with van der Waals surface area (Å²) in [4.78, 5) is 10.7. The molecule has 2 atom stereocenters. The lowest BCUT2D eigenvalue weighted by Crippen LogP contribution is -2.04. The van der Waals surface area contributed by atoms with Crippen LogP contribution in [0.3, 0.4) is 0 Å². The molecule has 3 nitrogen and oxygen atoms in total. The van der Waals surface area contributed by atoms with E-state index >= 15 is 0 Å². The number of rotatable bonds is 9. The predicted molar refractivity (Wildman–Crippen MR) is 86.1 cm³/mol. The molecule has 3 heteroatoms. The summed E-state index contributed by atoms with van der Waals surface area (Å²) in [5.74, 6) is -0.233. The van der Waals surface area contributed by atoms with E-state index in [4.69, 9.17) is 9.47 Å². The second-order valence-corrected chi connectivity index (χ2v) is 5.98. The van der Waals surface area contributed by atoms with Gasteiger partial charge in [0, 0.05) is 6.92 Å². The summed E-state index contributed by atoms with van der Waals surface area (Å²) in [7, 11) is 0. The molecule has 1 fully saturated rings. The van der Waals surface area contributed by atoms with E-state index in [-0.39, 0.29) is 11.6 Å². The van der Waals surface area contributed by atoms with Crippen molar-refractivity contribution in [3.05, 3.63) is 36.0 Å². The first-order valence-corrected chi connectivity index (χ1v) is 7.63. The molecule has 0 N–H and O–H groups in total. The van der Waals surface area contributed by atoms with Gasteiger partial charge >= 0.3 is 5.97 Å². The second kappa shape index (κ2) is 8.18. The van der Waals surface area contributed by atoms with E-state index in [1.165, 1.54) is 18.1 Å². The van der Waals surface area contributed by atoms with Crippen LogP contribution >= 0.6 is 0 Å². The van der Waals surface area contributed by atoms with Crippen molar-refractivity contribution in [3.63, 3.8) is 0 Å². The average Bonchev–Trinajstić information content (AvgIpc) is 3.08. The van der Waals surface area contributed by atoms with Crippen molar-refractivity contribution >= 4 is 5.97 Å². The van der Waals surface area contributed by atoms with Gasteiger partial charge in [-0.15, -0.1) is 6.58 Å². The Hall–Kier alpha value is -1.35. The Balaban J connectivity index is 2.17. The van der Waals surface area contributed by atoms with Gasteiger partial charge in [0.2, 0.25) is 0 Å². The van der Waals surface area contributed by atoms with Gasteiger partial charge in [-0.05, 0) is 52.5 Å². The van der Waals surface area contributed by atoms with Crippen LogP contribution in [-0.2, 0) is 14.3 Å². The van der Waals surface area contributed by atoms with Crippen molar-refractivity contribution in [1.29, 1.82) is 0 Å². The molecule has 118 valence electrons. The molecule has 0 aromatic heterocycles. The Bertz CT molecular complexity index is 434. The monoisotopic (exact) mass is 292 g/mol. The molecule has 0 unspecified atom stereocenters. The normalized spacial score (nSPS) is 25.6. The molecule has 0 aromatic carbocycles. The molecule has 0 saturated carbocycles. The zero-order valence-electron chi connectivity index (χ0n) is 13.8. The van der Waals surface area contributed by atoms with E-state index in [1.807, 2.05) is 12.2 Å². The third-order valence-electron chi connectivity index (χ3n) is 3.93. The van der Waals surface area contributed by atoms with Crippen LogP contribution in [0.25, 0.3) is 0 Å². The first-order valence-electron chi connectivity index (χ1n) is 7.63. The highest BCUT2D eigenvalue weighted by molar-refractivity contribution is 5.66. The maximum atomic E-state index is 10.7. The summed E-state index contributed by atoms with van der Waals surface area (Å²) in [6, 6.07) is 0. The van der Waals surface area contributed by atoms with Gasteiger partial charge in [-0.25, -0.2) is 0 Å². The summed E-state index contributed by atoms with van der Waals surface area (Å²) < 4.78 is 10.5. The summed E-state index contributed by atoms with van der Waals surface area (Å²) in [6.07, 6.45) is 10.7. The van der Waals surface area contributed by atoms with E-state index in [9.17, 15) is 4.79 Å². The fourth-order valence-corrected chi connectivity index (χ4v) is 2.21. The van der Waals surface area contributed by atoms with Crippen molar-refractivity contribution in [3.8, 4) is 0 Å². The lowest BCUT2D eigenvalue weighted by molar-refractivity contribution is -0.139. The van der Waals surface area contributed by atoms with Gasteiger partial charge in [-0.3, -0.25) is 4.79 Å². The summed E-state index contributed by atoms with van der Waals surface area (Å²) in [5, 5.41) is 0. The van der Waals surface area contributed by atoms with Gasteiger partial charge in [0.1, 0.15) is 12.2 Å². The quantitative estimate of drug-likeness (QED) is 0.360. The molecule has 0 bridgehead atoms. The number of hydrogen-bond donors (Lipinski definition) is 0. The van der Waals surface area contributed by atoms with E-state index in [2.05, 4.69) is 33.4 Å². The van der Waals surface area contributed by atoms with Crippen molar-refractivity contribution in [2.24, 2.45) is 0 Å². The molecule has 1 aliphatic rings. The van der Waals surface area contributed by atoms with Crippen LogP contribution in [0.2, 0.25) is 0 Å². The number of epoxide rings is 1. The largest absolute Gasteiger partial charge is 0.462 e. The minimum absolute atomic E-state index is 0.0870. The van der Waals surface area contributed by atoms with Crippen LogP contribution in [0.5, 0.6) is 0 Å². The first-order chi connectivity index (χ1) is 9.87. The highest BCUT2D eigenvalue weighted by atomic mass is 16.6. The Morgan fingerprint density at radius 2 is 1.90 bits per heavy atom. The maximum absolute atomic E-state index is 10.7. The van der Waals surface area contributed by atoms with Crippen LogP contribution in [0.15, 0.2) is 36.0 Å². The molecule has 0 spiro atoms. The van der Waals surface area contributed by atoms with Crippen molar-refractivity contribution < 1.29 is 14.3 Å². The highest BCUT2D eigenvalue weighted by Gasteiger charge is 2.48. The third-order valence-corrected chi connectivity index (χ3v) is 3.93. The number of carbonyl (C=O) groups is 1. The first kappa shape index (κ1) is 17.7. The number of allylic oxidation sites excluding steroid dienone is 3. The van der Waals surface area contributed by atoms with Crippen LogP contribution in [0, 0.1) is 0 Å². The maximum Gasteiger partial charge on any atom is 0.302 e. The predicted octanol–water partition coefficient (Wildman–Crippen LogP) is 4.35. The van der Waals surface area contributed by atoms with Crippen LogP contribution < -0.4 is 0 Å². The van der Waals surface area contributed by atoms with E-state index in [0.717, 1.165) is 25.7 Å². The molecular weight excluding hydrogens is 264 g/mol. The fraction of sp³-hybridized carbons (Fsp3) is 0.611. The third kappa shape index (κ3) is 6.76. The molecule has 0 aromatic rings. The molecule has 0 aliphatic carbocycles. The standard InChI is InChI=1S/C18H28O3/c1-6-18(5)17(21-18)11-10-14(2)8-7-9-15(3)12-13-20-16(4)19/h6,8,12,17H,1,7,9-11,13H2,2-5H3/b14-8+,15-12+/t17-,18-/m0/s1.